The number of carbonyl (C=O) groups excluding carboxylic acids is 1. The number of nitrogens with one attached hydrogen (secondary N) is 1. The fourth-order valence-corrected chi connectivity index (χ4v) is 1.91. The van der Waals surface area contributed by atoms with Crippen molar-refractivity contribution in [1.82, 2.24) is 5.32 Å². The number of rotatable bonds is 6. The van der Waals surface area contributed by atoms with E-state index in [1.165, 1.54) is 7.11 Å². The van der Waals surface area contributed by atoms with E-state index in [-0.39, 0.29) is 5.97 Å². The summed E-state index contributed by atoms with van der Waals surface area (Å²) < 4.78 is 9.96. The fraction of sp³-hybridized carbons (Fsp3) is 0.900. The lowest BCUT2D eigenvalue weighted by Gasteiger charge is -2.31. The van der Waals surface area contributed by atoms with E-state index < -0.39 is 5.54 Å². The smallest absolute Gasteiger partial charge is 0.328 e. The molecular formula is C10H19NO3. The van der Waals surface area contributed by atoms with Crippen molar-refractivity contribution in [2.24, 2.45) is 5.92 Å². The minimum atomic E-state index is -0.613. The molecule has 1 rings (SSSR count). The normalized spacial score (nSPS) is 20.2. The van der Waals surface area contributed by atoms with Gasteiger partial charge in [-0.15, -0.1) is 0 Å². The minimum Gasteiger partial charge on any atom is -0.468 e. The lowest BCUT2D eigenvalue weighted by Crippen LogP contribution is -2.57. The van der Waals surface area contributed by atoms with Gasteiger partial charge in [0.2, 0.25) is 0 Å². The Morgan fingerprint density at radius 1 is 1.50 bits per heavy atom. The first-order valence-corrected chi connectivity index (χ1v) is 5.03. The van der Waals surface area contributed by atoms with E-state index in [4.69, 9.17) is 9.47 Å². The van der Waals surface area contributed by atoms with Gasteiger partial charge in [0, 0.05) is 7.11 Å². The van der Waals surface area contributed by atoms with Crippen molar-refractivity contribution in [3.63, 3.8) is 0 Å². The van der Waals surface area contributed by atoms with Gasteiger partial charge < -0.3 is 9.47 Å². The SMILES string of the molecule is CCNC(COC)(C(=O)OC)C1CC1. The van der Waals surface area contributed by atoms with Gasteiger partial charge in [-0.25, -0.2) is 4.79 Å². The predicted molar refractivity (Wildman–Crippen MR) is 53.0 cm³/mol. The van der Waals surface area contributed by atoms with Crippen molar-refractivity contribution in [2.75, 3.05) is 27.4 Å². The van der Waals surface area contributed by atoms with Crippen molar-refractivity contribution in [3.05, 3.63) is 0 Å². The maximum atomic E-state index is 11.7. The lowest BCUT2D eigenvalue weighted by atomic mass is 9.94. The zero-order valence-corrected chi connectivity index (χ0v) is 9.13. The summed E-state index contributed by atoms with van der Waals surface area (Å²) in [6, 6.07) is 0. The molecule has 1 aliphatic carbocycles. The first-order valence-electron chi connectivity index (χ1n) is 5.03. The molecule has 0 radical (unpaired) electrons. The largest absolute Gasteiger partial charge is 0.468 e. The van der Waals surface area contributed by atoms with E-state index in [2.05, 4.69) is 5.32 Å². The molecule has 0 heterocycles. The van der Waals surface area contributed by atoms with Gasteiger partial charge in [-0.2, -0.15) is 0 Å². The third kappa shape index (κ3) is 2.07. The summed E-state index contributed by atoms with van der Waals surface area (Å²) in [5, 5.41) is 3.21. The second kappa shape index (κ2) is 4.75. The third-order valence-corrected chi connectivity index (χ3v) is 2.69. The first kappa shape index (κ1) is 11.5. The Hall–Kier alpha value is -0.610. The number of carbonyl (C=O) groups is 1. The van der Waals surface area contributed by atoms with E-state index in [0.717, 1.165) is 19.4 Å². The fourth-order valence-electron chi connectivity index (χ4n) is 1.91. The maximum Gasteiger partial charge on any atom is 0.328 e. The molecule has 4 nitrogen and oxygen atoms in total. The minimum absolute atomic E-state index is 0.205. The molecule has 1 fully saturated rings. The highest BCUT2D eigenvalue weighted by Gasteiger charge is 2.51. The molecule has 1 atom stereocenters. The molecule has 0 bridgehead atoms. The van der Waals surface area contributed by atoms with Crippen molar-refractivity contribution >= 4 is 5.97 Å². The highest BCUT2D eigenvalue weighted by molar-refractivity contribution is 5.82. The average molecular weight is 201 g/mol. The Morgan fingerprint density at radius 3 is 2.50 bits per heavy atom. The molecule has 0 spiro atoms. The average Bonchev–Trinajstić information content (AvgIpc) is 2.99. The Kier molecular flexibility index (Phi) is 3.89. The molecule has 0 aromatic carbocycles. The van der Waals surface area contributed by atoms with Crippen LogP contribution in [0.5, 0.6) is 0 Å². The van der Waals surface area contributed by atoms with E-state index in [1.54, 1.807) is 7.11 Å². The molecule has 0 aromatic rings. The van der Waals surface area contributed by atoms with Crippen LogP contribution in [0.2, 0.25) is 0 Å². The summed E-state index contributed by atoms with van der Waals surface area (Å²) in [5.74, 6) is 0.165. The van der Waals surface area contributed by atoms with Gasteiger partial charge in [0.05, 0.1) is 13.7 Å². The predicted octanol–water partition coefficient (Wildman–Crippen LogP) is 0.564. The van der Waals surface area contributed by atoms with Crippen LogP contribution in [0.15, 0.2) is 0 Å². The third-order valence-electron chi connectivity index (χ3n) is 2.69. The Labute approximate surface area is 85.0 Å². The molecular weight excluding hydrogens is 182 g/mol. The van der Waals surface area contributed by atoms with E-state index in [1.807, 2.05) is 6.92 Å². The standard InChI is InChI=1S/C10H19NO3/c1-4-11-10(7-13-2,8-5-6-8)9(12)14-3/h8,11H,4-7H2,1-3H3. The maximum absolute atomic E-state index is 11.7. The van der Waals surface area contributed by atoms with Crippen LogP contribution in [0.25, 0.3) is 0 Å². The number of methoxy groups -OCH3 is 2. The summed E-state index contributed by atoms with van der Waals surface area (Å²) in [4.78, 5) is 11.7. The number of ether oxygens (including phenoxy) is 2. The van der Waals surface area contributed by atoms with Crippen molar-refractivity contribution in [1.29, 1.82) is 0 Å². The molecule has 1 saturated carbocycles. The molecule has 1 unspecified atom stereocenters. The van der Waals surface area contributed by atoms with Gasteiger partial charge in [-0.3, -0.25) is 5.32 Å². The van der Waals surface area contributed by atoms with E-state index >= 15 is 0 Å². The molecule has 82 valence electrons. The number of esters is 1. The highest BCUT2D eigenvalue weighted by Crippen LogP contribution is 2.40. The van der Waals surface area contributed by atoms with Crippen LogP contribution in [-0.4, -0.2) is 38.9 Å². The zero-order chi connectivity index (χ0) is 10.6. The number of likely N-dealkylation sites (N-methyl/N-ethyl adjacent to an activating group) is 1. The van der Waals surface area contributed by atoms with E-state index in [9.17, 15) is 4.79 Å². The number of hydrogen-bond donors (Lipinski definition) is 1. The summed E-state index contributed by atoms with van der Waals surface area (Å²) in [6.07, 6.45) is 2.15. The molecule has 14 heavy (non-hydrogen) atoms. The van der Waals surface area contributed by atoms with Gasteiger partial charge in [0.1, 0.15) is 5.54 Å². The molecule has 0 amide bonds. The van der Waals surface area contributed by atoms with E-state index in [0.29, 0.717) is 12.5 Å². The summed E-state index contributed by atoms with van der Waals surface area (Å²) in [5.41, 5.74) is -0.613. The molecule has 4 heteroatoms. The van der Waals surface area contributed by atoms with Crippen LogP contribution < -0.4 is 5.32 Å². The summed E-state index contributed by atoms with van der Waals surface area (Å²) in [6.45, 7) is 3.11. The Bertz CT molecular complexity index is 196. The highest BCUT2D eigenvalue weighted by atomic mass is 16.5. The molecule has 1 aliphatic rings. The molecule has 0 aromatic heterocycles. The first-order chi connectivity index (χ1) is 6.71. The lowest BCUT2D eigenvalue weighted by molar-refractivity contribution is -0.152. The van der Waals surface area contributed by atoms with Crippen LogP contribution in [0, 0.1) is 5.92 Å². The Morgan fingerprint density at radius 2 is 2.14 bits per heavy atom. The van der Waals surface area contributed by atoms with Crippen LogP contribution in [-0.2, 0) is 14.3 Å². The van der Waals surface area contributed by atoms with Crippen LogP contribution in [0.4, 0.5) is 0 Å². The molecule has 0 saturated heterocycles. The van der Waals surface area contributed by atoms with Gasteiger partial charge >= 0.3 is 5.97 Å². The van der Waals surface area contributed by atoms with Crippen molar-refractivity contribution in [2.45, 2.75) is 25.3 Å². The monoisotopic (exact) mass is 201 g/mol. The zero-order valence-electron chi connectivity index (χ0n) is 9.13. The van der Waals surface area contributed by atoms with Crippen molar-refractivity contribution < 1.29 is 14.3 Å². The molecule has 0 aliphatic heterocycles. The quantitative estimate of drug-likeness (QED) is 0.638. The van der Waals surface area contributed by atoms with Gasteiger partial charge in [0.25, 0.3) is 0 Å². The summed E-state index contributed by atoms with van der Waals surface area (Å²) >= 11 is 0. The topological polar surface area (TPSA) is 47.6 Å². The van der Waals surface area contributed by atoms with Gasteiger partial charge in [0.15, 0.2) is 0 Å². The number of hydrogen-bond acceptors (Lipinski definition) is 4. The van der Waals surface area contributed by atoms with Gasteiger partial charge in [-0.1, -0.05) is 6.92 Å². The van der Waals surface area contributed by atoms with Crippen LogP contribution in [0.1, 0.15) is 19.8 Å². The van der Waals surface area contributed by atoms with Crippen LogP contribution >= 0.6 is 0 Å². The second-order valence-electron chi connectivity index (χ2n) is 3.70. The molecule has 1 N–H and O–H groups in total. The second-order valence-corrected chi connectivity index (χ2v) is 3.70. The van der Waals surface area contributed by atoms with Crippen molar-refractivity contribution in [3.8, 4) is 0 Å². The van der Waals surface area contributed by atoms with Gasteiger partial charge in [-0.05, 0) is 25.3 Å². The van der Waals surface area contributed by atoms with Crippen LogP contribution in [0.3, 0.4) is 0 Å². The summed E-state index contributed by atoms with van der Waals surface area (Å²) in [7, 11) is 3.03. The Balaban J connectivity index is 2.76.